The van der Waals surface area contributed by atoms with Gasteiger partial charge in [-0.1, -0.05) is 29.5 Å². The van der Waals surface area contributed by atoms with Gasteiger partial charge in [0.25, 0.3) is 0 Å². The first-order valence-corrected chi connectivity index (χ1v) is 11.0. The van der Waals surface area contributed by atoms with E-state index in [1.807, 2.05) is 53.4 Å². The molecular weight excluding hydrogens is 398 g/mol. The average Bonchev–Trinajstić information content (AvgIpc) is 3.41. The summed E-state index contributed by atoms with van der Waals surface area (Å²) in [6, 6.07) is 15.5. The number of carbonyl (C=O) groups excluding carboxylic acids is 2. The van der Waals surface area contributed by atoms with E-state index < -0.39 is 0 Å². The van der Waals surface area contributed by atoms with Crippen LogP contribution in [-0.2, 0) is 11.3 Å². The molecule has 0 aliphatic carbocycles. The van der Waals surface area contributed by atoms with E-state index >= 15 is 0 Å². The maximum absolute atomic E-state index is 12.9. The summed E-state index contributed by atoms with van der Waals surface area (Å²) in [4.78, 5) is 31.9. The number of aryl methyl sites for hydroxylation is 1. The number of rotatable bonds is 5. The lowest BCUT2D eigenvalue weighted by Crippen LogP contribution is -2.40. The fourth-order valence-electron chi connectivity index (χ4n) is 3.99. The summed E-state index contributed by atoms with van der Waals surface area (Å²) >= 11 is 1.46. The van der Waals surface area contributed by atoms with Gasteiger partial charge in [-0.25, -0.2) is 9.67 Å². The number of para-hydroxylation sites is 2. The Morgan fingerprint density at radius 3 is 2.53 bits per heavy atom. The molecular formula is C22H21N5O2S. The molecule has 5 rings (SSSR count). The van der Waals surface area contributed by atoms with Crippen molar-refractivity contribution >= 4 is 44.3 Å². The molecule has 1 fully saturated rings. The quantitative estimate of drug-likeness (QED) is 0.462. The monoisotopic (exact) mass is 419 g/mol. The second kappa shape index (κ2) is 7.95. The molecule has 0 spiro atoms. The highest BCUT2D eigenvalue weighted by atomic mass is 32.1. The van der Waals surface area contributed by atoms with Gasteiger partial charge in [-0.3, -0.25) is 9.59 Å². The summed E-state index contributed by atoms with van der Waals surface area (Å²) in [5, 5.41) is 8.86. The van der Waals surface area contributed by atoms with E-state index in [0.717, 1.165) is 21.3 Å². The predicted octanol–water partition coefficient (Wildman–Crippen LogP) is 3.55. The molecule has 3 heterocycles. The third-order valence-corrected chi connectivity index (χ3v) is 6.73. The second-order valence-electron chi connectivity index (χ2n) is 7.56. The van der Waals surface area contributed by atoms with E-state index in [0.29, 0.717) is 43.9 Å². The SMILES string of the molecule is O=C(c1nc2ccccc2s1)C1CCN(C(=O)CCn2nnc3ccccc32)CC1. The summed E-state index contributed by atoms with van der Waals surface area (Å²) in [5.41, 5.74) is 2.64. The zero-order chi connectivity index (χ0) is 20.5. The number of amides is 1. The Morgan fingerprint density at radius 1 is 1.00 bits per heavy atom. The summed E-state index contributed by atoms with van der Waals surface area (Å²) in [6.07, 6.45) is 1.75. The molecule has 2 aromatic carbocycles. The summed E-state index contributed by atoms with van der Waals surface area (Å²) in [5.74, 6) is 0.145. The van der Waals surface area contributed by atoms with Gasteiger partial charge in [0.05, 0.1) is 22.3 Å². The number of hydrogen-bond donors (Lipinski definition) is 0. The molecule has 0 bridgehead atoms. The van der Waals surface area contributed by atoms with Crippen molar-refractivity contribution in [2.75, 3.05) is 13.1 Å². The molecule has 4 aromatic rings. The summed E-state index contributed by atoms with van der Waals surface area (Å²) in [7, 11) is 0. The summed E-state index contributed by atoms with van der Waals surface area (Å²) < 4.78 is 2.81. The molecule has 0 N–H and O–H groups in total. The molecule has 2 aromatic heterocycles. The Hall–Kier alpha value is -3.13. The highest BCUT2D eigenvalue weighted by Gasteiger charge is 2.29. The predicted molar refractivity (Wildman–Crippen MR) is 115 cm³/mol. The van der Waals surface area contributed by atoms with Crippen molar-refractivity contribution in [2.45, 2.75) is 25.8 Å². The Balaban J connectivity index is 1.17. The molecule has 0 unspecified atom stereocenters. The van der Waals surface area contributed by atoms with Crippen LogP contribution in [-0.4, -0.2) is 49.7 Å². The number of thiazole rings is 1. The molecule has 30 heavy (non-hydrogen) atoms. The lowest BCUT2D eigenvalue weighted by Gasteiger charge is -2.31. The van der Waals surface area contributed by atoms with Crippen molar-refractivity contribution in [3.05, 3.63) is 53.5 Å². The van der Waals surface area contributed by atoms with Gasteiger partial charge in [0.2, 0.25) is 5.91 Å². The lowest BCUT2D eigenvalue weighted by molar-refractivity contribution is -0.132. The van der Waals surface area contributed by atoms with Crippen LogP contribution in [0.3, 0.4) is 0 Å². The maximum atomic E-state index is 12.9. The Kier molecular flexibility index (Phi) is 5.00. The number of aromatic nitrogens is 4. The number of nitrogens with zero attached hydrogens (tertiary/aromatic N) is 5. The van der Waals surface area contributed by atoms with Gasteiger partial charge < -0.3 is 4.90 Å². The van der Waals surface area contributed by atoms with Crippen LogP contribution in [0.1, 0.15) is 29.1 Å². The van der Waals surface area contributed by atoms with Gasteiger partial charge in [-0.05, 0) is 37.1 Å². The summed E-state index contributed by atoms with van der Waals surface area (Å²) in [6.45, 7) is 1.72. The number of hydrogen-bond acceptors (Lipinski definition) is 6. The standard InChI is InChI=1S/C22H21N5O2S/c28-20(11-14-27-18-7-3-1-5-16(18)24-25-27)26-12-9-15(10-13-26)21(29)22-23-17-6-2-4-8-19(17)30-22/h1-8,15H,9-14H2. The molecule has 1 aliphatic heterocycles. The van der Waals surface area contributed by atoms with Crippen LogP contribution in [0.25, 0.3) is 21.3 Å². The van der Waals surface area contributed by atoms with Crippen molar-refractivity contribution < 1.29 is 9.59 Å². The van der Waals surface area contributed by atoms with Gasteiger partial charge in [0, 0.05) is 25.4 Å². The molecule has 8 heteroatoms. The Labute approximate surface area is 177 Å². The third kappa shape index (κ3) is 3.59. The fourth-order valence-corrected chi connectivity index (χ4v) is 4.97. The van der Waals surface area contributed by atoms with Crippen LogP contribution >= 0.6 is 11.3 Å². The molecule has 1 amide bonds. The van der Waals surface area contributed by atoms with Crippen molar-refractivity contribution in [1.29, 1.82) is 0 Å². The minimum atomic E-state index is -0.0612. The smallest absolute Gasteiger partial charge is 0.224 e. The van der Waals surface area contributed by atoms with Crippen molar-refractivity contribution in [3.63, 3.8) is 0 Å². The van der Waals surface area contributed by atoms with Crippen LogP contribution in [0.5, 0.6) is 0 Å². The minimum absolute atomic E-state index is 0.0612. The molecule has 152 valence electrons. The molecule has 0 radical (unpaired) electrons. The van der Waals surface area contributed by atoms with Crippen molar-refractivity contribution in [1.82, 2.24) is 24.9 Å². The van der Waals surface area contributed by atoms with E-state index in [1.54, 1.807) is 4.68 Å². The minimum Gasteiger partial charge on any atom is -0.343 e. The Morgan fingerprint density at radius 2 is 1.73 bits per heavy atom. The normalized spacial score (nSPS) is 15.1. The number of ketones is 1. The maximum Gasteiger partial charge on any atom is 0.224 e. The number of benzene rings is 2. The molecule has 1 saturated heterocycles. The van der Waals surface area contributed by atoms with Crippen LogP contribution in [0.4, 0.5) is 0 Å². The lowest BCUT2D eigenvalue weighted by atomic mass is 9.92. The molecule has 0 atom stereocenters. The van der Waals surface area contributed by atoms with Crippen LogP contribution in [0.2, 0.25) is 0 Å². The van der Waals surface area contributed by atoms with E-state index in [1.165, 1.54) is 11.3 Å². The van der Waals surface area contributed by atoms with Gasteiger partial charge >= 0.3 is 0 Å². The number of piperidine rings is 1. The van der Waals surface area contributed by atoms with Crippen LogP contribution < -0.4 is 0 Å². The number of fused-ring (bicyclic) bond motifs is 2. The highest BCUT2D eigenvalue weighted by Crippen LogP contribution is 2.27. The first-order valence-electron chi connectivity index (χ1n) is 10.1. The molecule has 7 nitrogen and oxygen atoms in total. The van der Waals surface area contributed by atoms with Crippen molar-refractivity contribution in [3.8, 4) is 0 Å². The highest BCUT2D eigenvalue weighted by molar-refractivity contribution is 7.20. The first-order chi connectivity index (χ1) is 14.7. The number of likely N-dealkylation sites (tertiary alicyclic amines) is 1. The van der Waals surface area contributed by atoms with Crippen molar-refractivity contribution in [2.24, 2.45) is 5.92 Å². The largest absolute Gasteiger partial charge is 0.343 e. The number of Topliss-reactive ketones (excluding diaryl/α,β-unsaturated/α-hetero) is 1. The first kappa shape index (κ1) is 18.9. The van der Waals surface area contributed by atoms with Gasteiger partial charge in [-0.2, -0.15) is 0 Å². The topological polar surface area (TPSA) is 81.0 Å². The van der Waals surface area contributed by atoms with E-state index in [2.05, 4.69) is 15.3 Å². The number of carbonyl (C=O) groups is 2. The van der Waals surface area contributed by atoms with Gasteiger partial charge in [0.1, 0.15) is 5.52 Å². The van der Waals surface area contributed by atoms with Gasteiger partial charge in [-0.15, -0.1) is 16.4 Å². The Bertz CT molecular complexity index is 1190. The van der Waals surface area contributed by atoms with Crippen LogP contribution in [0.15, 0.2) is 48.5 Å². The van der Waals surface area contributed by atoms with E-state index in [-0.39, 0.29) is 17.6 Å². The zero-order valence-corrected chi connectivity index (χ0v) is 17.2. The zero-order valence-electron chi connectivity index (χ0n) is 16.4. The van der Waals surface area contributed by atoms with E-state index in [4.69, 9.17) is 0 Å². The third-order valence-electron chi connectivity index (χ3n) is 5.68. The average molecular weight is 420 g/mol. The van der Waals surface area contributed by atoms with E-state index in [9.17, 15) is 9.59 Å². The fraction of sp³-hybridized carbons (Fsp3) is 0.318. The van der Waals surface area contributed by atoms with Gasteiger partial charge in [0.15, 0.2) is 10.8 Å². The second-order valence-corrected chi connectivity index (χ2v) is 8.59. The van der Waals surface area contributed by atoms with Crippen LogP contribution in [0, 0.1) is 5.92 Å². The molecule has 0 saturated carbocycles. The molecule has 1 aliphatic rings.